The maximum Gasteiger partial charge on any atom is 0.508 e. The third-order valence-corrected chi connectivity index (χ3v) is 4.49. The van der Waals surface area contributed by atoms with E-state index in [-0.39, 0.29) is 6.10 Å². The first-order valence-corrected chi connectivity index (χ1v) is 7.52. The lowest BCUT2D eigenvalue weighted by atomic mass is 9.75. The monoisotopic (exact) mass is 231 g/mol. The highest BCUT2D eigenvalue weighted by Crippen LogP contribution is 2.39. The van der Waals surface area contributed by atoms with Crippen LogP contribution in [0.15, 0.2) is 0 Å². The second kappa shape index (κ2) is 5.96. The zero-order valence-electron chi connectivity index (χ0n) is 10.4. The summed E-state index contributed by atoms with van der Waals surface area (Å²) in [6.45, 7) is 8.69. The van der Waals surface area contributed by atoms with Crippen molar-refractivity contribution in [3.8, 4) is 0 Å². The Kier molecular flexibility index (Phi) is 5.22. The Hall–Kier alpha value is 0.0600. The molecule has 0 amide bonds. The fourth-order valence-electron chi connectivity index (χ4n) is 2.46. The van der Waals surface area contributed by atoms with Crippen molar-refractivity contribution < 1.29 is 9.09 Å². The molecule has 1 aliphatic carbocycles. The minimum atomic E-state index is -1.42. The predicted molar refractivity (Wildman–Crippen MR) is 64.4 cm³/mol. The number of hydrogen-bond acceptors (Lipinski definition) is 2. The molecular weight excluding hydrogens is 207 g/mol. The van der Waals surface area contributed by atoms with Crippen LogP contribution < -0.4 is 0 Å². The Morgan fingerprint density at radius 1 is 1.40 bits per heavy atom. The summed E-state index contributed by atoms with van der Waals surface area (Å²) >= 11 is 0. The van der Waals surface area contributed by atoms with E-state index in [9.17, 15) is 4.57 Å². The van der Waals surface area contributed by atoms with Gasteiger partial charge >= 0.3 is 8.03 Å². The highest BCUT2D eigenvalue weighted by atomic mass is 31.1. The lowest BCUT2D eigenvalue weighted by molar-refractivity contribution is 0.0525. The fraction of sp³-hybridized carbons (Fsp3) is 1.00. The van der Waals surface area contributed by atoms with Crippen molar-refractivity contribution in [1.29, 1.82) is 0 Å². The van der Waals surface area contributed by atoms with Crippen LogP contribution in [0.25, 0.3) is 0 Å². The summed E-state index contributed by atoms with van der Waals surface area (Å²) in [6, 6.07) is 0. The summed E-state index contributed by atoms with van der Waals surface area (Å²) in [7, 11) is -1.42. The van der Waals surface area contributed by atoms with Gasteiger partial charge in [0.2, 0.25) is 0 Å². The lowest BCUT2D eigenvalue weighted by Gasteiger charge is -2.33. The first-order chi connectivity index (χ1) is 7.04. The molecule has 0 aromatic heterocycles. The molecule has 1 rings (SSSR count). The van der Waals surface area contributed by atoms with Crippen LogP contribution in [0, 0.1) is 17.8 Å². The molecule has 0 spiro atoms. The Morgan fingerprint density at radius 2 is 2.07 bits per heavy atom. The quantitative estimate of drug-likeness (QED) is 0.677. The van der Waals surface area contributed by atoms with E-state index in [0.29, 0.717) is 18.0 Å². The van der Waals surface area contributed by atoms with Crippen molar-refractivity contribution in [2.75, 3.05) is 6.16 Å². The van der Waals surface area contributed by atoms with E-state index in [2.05, 4.69) is 20.8 Å². The maximum atomic E-state index is 11.5. The Bertz CT molecular complexity index is 216. The Balaban J connectivity index is 2.57. The molecular formula is C12H24O2P+. The van der Waals surface area contributed by atoms with Gasteiger partial charge in [0, 0.05) is 0 Å². The molecule has 0 aromatic rings. The SMILES string of the molecule is CC[P+](=O)O[C@@H]1C[C@H](C)CC[C@H]1C(C)C. The summed E-state index contributed by atoms with van der Waals surface area (Å²) in [5, 5.41) is 0. The summed E-state index contributed by atoms with van der Waals surface area (Å²) in [6.07, 6.45) is 4.49. The molecule has 0 saturated heterocycles. The first-order valence-electron chi connectivity index (χ1n) is 6.16. The zero-order chi connectivity index (χ0) is 11.4. The number of rotatable bonds is 4. The van der Waals surface area contributed by atoms with E-state index >= 15 is 0 Å². The van der Waals surface area contributed by atoms with Gasteiger partial charge in [0.05, 0.1) is 0 Å². The van der Waals surface area contributed by atoms with Crippen molar-refractivity contribution in [3.63, 3.8) is 0 Å². The summed E-state index contributed by atoms with van der Waals surface area (Å²) in [5.74, 6) is 1.97. The van der Waals surface area contributed by atoms with Gasteiger partial charge in [0.25, 0.3) is 0 Å². The van der Waals surface area contributed by atoms with Crippen LogP contribution in [0.2, 0.25) is 0 Å². The van der Waals surface area contributed by atoms with Gasteiger partial charge in [-0.1, -0.05) is 27.2 Å². The molecule has 15 heavy (non-hydrogen) atoms. The molecule has 0 N–H and O–H groups in total. The Labute approximate surface area is 94.7 Å². The third kappa shape index (κ3) is 3.85. The summed E-state index contributed by atoms with van der Waals surface area (Å²) in [4.78, 5) is 0. The maximum absolute atomic E-state index is 11.5. The predicted octanol–water partition coefficient (Wildman–Crippen LogP) is 4.23. The molecule has 0 aliphatic heterocycles. The number of hydrogen-bond donors (Lipinski definition) is 0. The second-order valence-corrected chi connectivity index (χ2v) is 6.63. The van der Waals surface area contributed by atoms with Crippen LogP contribution in [0.5, 0.6) is 0 Å². The minimum Gasteiger partial charge on any atom is -0.143 e. The normalized spacial score (nSPS) is 33.1. The van der Waals surface area contributed by atoms with Gasteiger partial charge in [0.1, 0.15) is 6.10 Å². The van der Waals surface area contributed by atoms with Gasteiger partial charge in [-0.3, -0.25) is 0 Å². The van der Waals surface area contributed by atoms with Crippen LogP contribution in [0.1, 0.15) is 47.0 Å². The molecule has 88 valence electrons. The minimum absolute atomic E-state index is 0.234. The van der Waals surface area contributed by atoms with E-state index in [1.165, 1.54) is 12.8 Å². The van der Waals surface area contributed by atoms with Crippen molar-refractivity contribution in [1.82, 2.24) is 0 Å². The molecule has 2 nitrogen and oxygen atoms in total. The first kappa shape index (κ1) is 13.1. The smallest absolute Gasteiger partial charge is 0.143 e. The average molecular weight is 231 g/mol. The molecule has 0 heterocycles. The topological polar surface area (TPSA) is 26.3 Å². The highest BCUT2D eigenvalue weighted by molar-refractivity contribution is 7.39. The second-order valence-electron chi connectivity index (χ2n) is 5.12. The molecule has 0 radical (unpaired) electrons. The molecule has 0 bridgehead atoms. The largest absolute Gasteiger partial charge is 0.508 e. The third-order valence-electron chi connectivity index (χ3n) is 3.47. The van der Waals surface area contributed by atoms with Crippen molar-refractivity contribution in [2.24, 2.45) is 17.8 Å². The molecule has 4 atom stereocenters. The summed E-state index contributed by atoms with van der Waals surface area (Å²) < 4.78 is 17.2. The molecule has 0 aromatic carbocycles. The van der Waals surface area contributed by atoms with Gasteiger partial charge in [-0.05, 0) is 42.1 Å². The standard InChI is InChI=1S/C12H24O2P/c1-5-15(13)14-12-8-10(4)6-7-11(12)9(2)3/h9-12H,5-8H2,1-4H3/q+1/t10-,11+,12-/m1/s1. The van der Waals surface area contributed by atoms with E-state index in [1.807, 2.05) is 6.92 Å². The van der Waals surface area contributed by atoms with Gasteiger partial charge < -0.3 is 0 Å². The molecule has 3 heteroatoms. The van der Waals surface area contributed by atoms with Crippen molar-refractivity contribution in [3.05, 3.63) is 0 Å². The molecule has 1 unspecified atom stereocenters. The van der Waals surface area contributed by atoms with Crippen LogP contribution in [-0.2, 0) is 9.09 Å². The van der Waals surface area contributed by atoms with Crippen molar-refractivity contribution in [2.45, 2.75) is 53.1 Å². The molecule has 1 aliphatic rings. The molecule has 1 fully saturated rings. The lowest BCUT2D eigenvalue weighted by Crippen LogP contribution is -2.32. The zero-order valence-corrected chi connectivity index (χ0v) is 11.3. The van der Waals surface area contributed by atoms with E-state index in [4.69, 9.17) is 4.52 Å². The van der Waals surface area contributed by atoms with Gasteiger partial charge in [-0.15, -0.1) is 4.52 Å². The van der Waals surface area contributed by atoms with E-state index in [1.54, 1.807) is 0 Å². The Morgan fingerprint density at radius 3 is 2.60 bits per heavy atom. The van der Waals surface area contributed by atoms with Gasteiger partial charge in [-0.2, -0.15) is 0 Å². The van der Waals surface area contributed by atoms with Gasteiger partial charge in [0.15, 0.2) is 6.16 Å². The van der Waals surface area contributed by atoms with Crippen LogP contribution in [0.3, 0.4) is 0 Å². The average Bonchev–Trinajstić information content (AvgIpc) is 2.17. The van der Waals surface area contributed by atoms with Crippen LogP contribution in [-0.4, -0.2) is 12.3 Å². The fourth-order valence-corrected chi connectivity index (χ4v) is 3.15. The van der Waals surface area contributed by atoms with Crippen molar-refractivity contribution >= 4 is 8.03 Å². The van der Waals surface area contributed by atoms with Gasteiger partial charge in [-0.25, -0.2) is 0 Å². The van der Waals surface area contributed by atoms with Crippen LogP contribution in [0.4, 0.5) is 0 Å². The van der Waals surface area contributed by atoms with E-state index in [0.717, 1.165) is 12.3 Å². The summed E-state index contributed by atoms with van der Waals surface area (Å²) in [5.41, 5.74) is 0. The van der Waals surface area contributed by atoms with E-state index < -0.39 is 8.03 Å². The van der Waals surface area contributed by atoms with Crippen LogP contribution >= 0.6 is 8.03 Å². The molecule has 1 saturated carbocycles. The highest BCUT2D eigenvalue weighted by Gasteiger charge is 2.36.